The van der Waals surface area contributed by atoms with Gasteiger partial charge in [-0.2, -0.15) is 0 Å². The fourth-order valence-corrected chi connectivity index (χ4v) is 1.66. The van der Waals surface area contributed by atoms with E-state index in [2.05, 4.69) is 39.5 Å². The van der Waals surface area contributed by atoms with Crippen molar-refractivity contribution in [1.29, 1.82) is 0 Å². The second kappa shape index (κ2) is 3.55. The summed E-state index contributed by atoms with van der Waals surface area (Å²) in [5, 5.41) is 8.30. The molecule has 0 bridgehead atoms. The number of hydrogen-bond donors (Lipinski definition) is 1. The van der Waals surface area contributed by atoms with Gasteiger partial charge in [-0.3, -0.25) is 5.26 Å². The van der Waals surface area contributed by atoms with E-state index in [1.165, 1.54) is 0 Å². The molecule has 0 spiro atoms. The molecular formula is C9H20O2. The van der Waals surface area contributed by atoms with Gasteiger partial charge in [0, 0.05) is 0 Å². The van der Waals surface area contributed by atoms with Crippen LogP contribution in [0.1, 0.15) is 41.0 Å². The van der Waals surface area contributed by atoms with Gasteiger partial charge in [0.2, 0.25) is 0 Å². The van der Waals surface area contributed by atoms with Crippen LogP contribution in [0.25, 0.3) is 0 Å². The largest absolute Gasteiger partial charge is 0.252 e. The lowest BCUT2D eigenvalue weighted by Crippen LogP contribution is -2.25. The van der Waals surface area contributed by atoms with Gasteiger partial charge in [-0.1, -0.05) is 34.6 Å². The normalized spacial score (nSPS) is 13.6. The summed E-state index contributed by atoms with van der Waals surface area (Å²) in [5.74, 6) is 0. The standard InChI is InChI=1S/C9H20O2/c1-8(2,3)6-9(4,5)7-11-10/h10H,6-7H2,1-5H3. The van der Waals surface area contributed by atoms with E-state index >= 15 is 0 Å². The van der Waals surface area contributed by atoms with Gasteiger partial charge in [-0.05, 0) is 17.3 Å². The Morgan fingerprint density at radius 2 is 1.55 bits per heavy atom. The Morgan fingerprint density at radius 3 is 1.82 bits per heavy atom. The minimum Gasteiger partial charge on any atom is -0.252 e. The van der Waals surface area contributed by atoms with Crippen LogP contribution in [-0.4, -0.2) is 11.9 Å². The Hall–Kier alpha value is -0.0800. The molecule has 1 N–H and O–H groups in total. The lowest BCUT2D eigenvalue weighted by molar-refractivity contribution is -0.261. The van der Waals surface area contributed by atoms with Crippen molar-refractivity contribution in [1.82, 2.24) is 0 Å². The lowest BCUT2D eigenvalue weighted by atomic mass is 9.77. The highest BCUT2D eigenvalue weighted by atomic mass is 17.1. The fourth-order valence-electron chi connectivity index (χ4n) is 1.66. The molecule has 0 rings (SSSR count). The van der Waals surface area contributed by atoms with Gasteiger partial charge >= 0.3 is 0 Å². The number of hydrogen-bond acceptors (Lipinski definition) is 2. The molecule has 0 aromatic heterocycles. The first-order valence-electron chi connectivity index (χ1n) is 4.03. The summed E-state index contributed by atoms with van der Waals surface area (Å²) in [5.41, 5.74) is 0.356. The topological polar surface area (TPSA) is 29.5 Å². The van der Waals surface area contributed by atoms with Gasteiger partial charge in [0.05, 0.1) is 6.61 Å². The Labute approximate surface area is 69.5 Å². The summed E-state index contributed by atoms with van der Waals surface area (Å²) >= 11 is 0. The Kier molecular flexibility index (Phi) is 3.52. The molecule has 2 heteroatoms. The third-order valence-electron chi connectivity index (χ3n) is 1.46. The Morgan fingerprint density at radius 1 is 1.09 bits per heavy atom. The molecule has 0 aliphatic rings. The van der Waals surface area contributed by atoms with E-state index < -0.39 is 0 Å². The molecular weight excluding hydrogens is 140 g/mol. The summed E-state index contributed by atoms with van der Waals surface area (Å²) < 4.78 is 0. The van der Waals surface area contributed by atoms with E-state index in [1.807, 2.05) is 0 Å². The molecule has 0 aliphatic carbocycles. The highest BCUT2D eigenvalue weighted by Crippen LogP contribution is 2.32. The monoisotopic (exact) mass is 160 g/mol. The molecule has 0 amide bonds. The molecule has 0 unspecified atom stereocenters. The van der Waals surface area contributed by atoms with E-state index in [-0.39, 0.29) is 5.41 Å². The third kappa shape index (κ3) is 6.32. The van der Waals surface area contributed by atoms with Crippen LogP contribution in [0.15, 0.2) is 0 Å². The van der Waals surface area contributed by atoms with Crippen LogP contribution in [-0.2, 0) is 4.89 Å². The molecule has 11 heavy (non-hydrogen) atoms. The number of rotatable bonds is 3. The molecule has 0 aromatic rings. The molecule has 0 fully saturated rings. The zero-order valence-electron chi connectivity index (χ0n) is 8.27. The molecule has 0 heterocycles. The first kappa shape index (κ1) is 10.9. The quantitative estimate of drug-likeness (QED) is 0.508. The van der Waals surface area contributed by atoms with Crippen LogP contribution in [0.2, 0.25) is 0 Å². The molecule has 2 nitrogen and oxygen atoms in total. The van der Waals surface area contributed by atoms with Crippen LogP contribution in [0.5, 0.6) is 0 Å². The maximum absolute atomic E-state index is 8.30. The zero-order valence-corrected chi connectivity index (χ0v) is 8.27. The van der Waals surface area contributed by atoms with Crippen LogP contribution >= 0.6 is 0 Å². The molecule has 0 aliphatic heterocycles. The van der Waals surface area contributed by atoms with E-state index in [1.54, 1.807) is 0 Å². The highest BCUT2D eigenvalue weighted by molar-refractivity contribution is 4.75. The SMILES string of the molecule is CC(C)(C)CC(C)(C)COO. The summed E-state index contributed by atoms with van der Waals surface area (Å²) in [6.45, 7) is 11.2. The summed E-state index contributed by atoms with van der Waals surface area (Å²) in [6, 6.07) is 0. The van der Waals surface area contributed by atoms with Gasteiger partial charge in [0.15, 0.2) is 0 Å². The van der Waals surface area contributed by atoms with Crippen molar-refractivity contribution in [3.8, 4) is 0 Å². The van der Waals surface area contributed by atoms with Crippen LogP contribution < -0.4 is 0 Å². The van der Waals surface area contributed by atoms with Crippen molar-refractivity contribution in [2.75, 3.05) is 6.61 Å². The maximum atomic E-state index is 8.30. The van der Waals surface area contributed by atoms with Crippen LogP contribution in [0.4, 0.5) is 0 Å². The van der Waals surface area contributed by atoms with Crippen LogP contribution in [0, 0.1) is 10.8 Å². The van der Waals surface area contributed by atoms with Gasteiger partial charge in [-0.15, -0.1) is 0 Å². The molecule has 0 radical (unpaired) electrons. The van der Waals surface area contributed by atoms with Gasteiger partial charge in [0.1, 0.15) is 0 Å². The van der Waals surface area contributed by atoms with E-state index in [4.69, 9.17) is 5.26 Å². The van der Waals surface area contributed by atoms with Gasteiger partial charge < -0.3 is 0 Å². The average Bonchev–Trinajstić information content (AvgIpc) is 1.55. The fraction of sp³-hybridized carbons (Fsp3) is 1.00. The van der Waals surface area contributed by atoms with E-state index in [0.717, 1.165) is 6.42 Å². The Balaban J connectivity index is 3.91. The van der Waals surface area contributed by atoms with Crippen molar-refractivity contribution in [3.05, 3.63) is 0 Å². The average molecular weight is 160 g/mol. The Bertz CT molecular complexity index is 111. The van der Waals surface area contributed by atoms with Gasteiger partial charge in [-0.25, -0.2) is 4.89 Å². The van der Waals surface area contributed by atoms with Crippen molar-refractivity contribution in [2.24, 2.45) is 10.8 Å². The van der Waals surface area contributed by atoms with Crippen molar-refractivity contribution >= 4 is 0 Å². The summed E-state index contributed by atoms with van der Waals surface area (Å²) in [6.07, 6.45) is 1.04. The highest BCUT2D eigenvalue weighted by Gasteiger charge is 2.25. The molecule has 0 aromatic carbocycles. The molecule has 0 saturated carbocycles. The predicted molar refractivity (Wildman–Crippen MR) is 46.4 cm³/mol. The minimum atomic E-state index is 0.0625. The van der Waals surface area contributed by atoms with Gasteiger partial charge in [0.25, 0.3) is 0 Å². The zero-order chi connectivity index (χ0) is 9.12. The second-order valence-electron chi connectivity index (χ2n) is 5.18. The predicted octanol–water partition coefficient (Wildman–Crippen LogP) is 2.94. The van der Waals surface area contributed by atoms with Crippen molar-refractivity contribution in [3.63, 3.8) is 0 Å². The smallest absolute Gasteiger partial charge is 0.0870 e. The van der Waals surface area contributed by atoms with Crippen LogP contribution in [0.3, 0.4) is 0 Å². The molecule has 0 atom stereocenters. The first-order valence-corrected chi connectivity index (χ1v) is 4.03. The summed E-state index contributed by atoms with van der Waals surface area (Å²) in [7, 11) is 0. The second-order valence-corrected chi connectivity index (χ2v) is 5.18. The first-order chi connectivity index (χ1) is 4.77. The maximum Gasteiger partial charge on any atom is 0.0870 e. The third-order valence-corrected chi connectivity index (χ3v) is 1.46. The van der Waals surface area contributed by atoms with Crippen molar-refractivity contribution < 1.29 is 10.1 Å². The molecule has 0 saturated heterocycles. The van der Waals surface area contributed by atoms with E-state index in [0.29, 0.717) is 12.0 Å². The van der Waals surface area contributed by atoms with E-state index in [9.17, 15) is 0 Å². The lowest BCUT2D eigenvalue weighted by Gasteiger charge is -2.30. The van der Waals surface area contributed by atoms with Crippen molar-refractivity contribution in [2.45, 2.75) is 41.0 Å². The minimum absolute atomic E-state index is 0.0625. The summed E-state index contributed by atoms with van der Waals surface area (Å²) in [4.78, 5) is 4.15. The molecule has 68 valence electrons.